The predicted octanol–water partition coefficient (Wildman–Crippen LogP) is 1.37. The number of halogens is 1. The summed E-state index contributed by atoms with van der Waals surface area (Å²) in [6, 6.07) is 6.90. The van der Waals surface area contributed by atoms with Gasteiger partial charge in [0.15, 0.2) is 0 Å². The number of rotatable bonds is 4. The van der Waals surface area contributed by atoms with Crippen LogP contribution in [0.1, 0.15) is 18.4 Å². The molecule has 0 atom stereocenters. The third kappa shape index (κ3) is 3.50. The van der Waals surface area contributed by atoms with Crippen LogP contribution < -0.4 is 5.73 Å². The molecule has 0 saturated carbocycles. The maximum absolute atomic E-state index is 12.3. The van der Waals surface area contributed by atoms with Gasteiger partial charge in [0.1, 0.15) is 0 Å². The summed E-state index contributed by atoms with van der Waals surface area (Å²) in [5.74, 6) is -0.691. The molecule has 1 saturated heterocycles. The van der Waals surface area contributed by atoms with E-state index in [0.29, 0.717) is 36.5 Å². The van der Waals surface area contributed by atoms with E-state index in [1.54, 1.807) is 24.3 Å². The molecule has 0 spiro atoms. The van der Waals surface area contributed by atoms with Crippen molar-refractivity contribution in [1.82, 2.24) is 4.31 Å². The number of primary amides is 1. The first-order chi connectivity index (χ1) is 9.40. The summed E-state index contributed by atoms with van der Waals surface area (Å²) in [6.07, 6.45) is 0.966. The van der Waals surface area contributed by atoms with E-state index in [-0.39, 0.29) is 17.6 Å². The number of hydrogen-bond acceptors (Lipinski definition) is 3. The van der Waals surface area contributed by atoms with Crippen molar-refractivity contribution >= 4 is 27.5 Å². The van der Waals surface area contributed by atoms with Crippen molar-refractivity contribution < 1.29 is 13.2 Å². The van der Waals surface area contributed by atoms with Gasteiger partial charge < -0.3 is 5.73 Å². The summed E-state index contributed by atoms with van der Waals surface area (Å²) in [5, 5.41) is 0.447. The number of benzene rings is 1. The number of carbonyl (C=O) groups excluding carboxylic acids is 1. The normalized spacial score (nSPS) is 18.1. The van der Waals surface area contributed by atoms with Crippen LogP contribution >= 0.6 is 11.6 Å². The lowest BCUT2D eigenvalue weighted by molar-refractivity contribution is -0.122. The van der Waals surface area contributed by atoms with Crippen molar-refractivity contribution in [3.05, 3.63) is 34.9 Å². The Morgan fingerprint density at radius 2 is 1.90 bits per heavy atom. The molecule has 1 aromatic rings. The molecule has 5 nitrogen and oxygen atoms in total. The largest absolute Gasteiger partial charge is 0.369 e. The van der Waals surface area contributed by atoms with Crippen LogP contribution in [0.5, 0.6) is 0 Å². The van der Waals surface area contributed by atoms with Gasteiger partial charge in [-0.3, -0.25) is 4.79 Å². The minimum Gasteiger partial charge on any atom is -0.369 e. The molecule has 1 heterocycles. The molecule has 1 aliphatic heterocycles. The fourth-order valence-electron chi connectivity index (χ4n) is 2.32. The molecule has 2 N–H and O–H groups in total. The Kier molecular flexibility index (Phi) is 4.67. The highest BCUT2D eigenvalue weighted by atomic mass is 35.5. The molecule has 1 aliphatic rings. The minimum atomic E-state index is -3.41. The summed E-state index contributed by atoms with van der Waals surface area (Å²) >= 11 is 5.99. The lowest BCUT2D eigenvalue weighted by Crippen LogP contribution is -2.42. The van der Waals surface area contributed by atoms with Gasteiger partial charge in [-0.25, -0.2) is 12.7 Å². The zero-order chi connectivity index (χ0) is 14.8. The van der Waals surface area contributed by atoms with Crippen molar-refractivity contribution in [2.45, 2.75) is 18.6 Å². The van der Waals surface area contributed by atoms with Crippen molar-refractivity contribution in [3.63, 3.8) is 0 Å². The summed E-state index contributed by atoms with van der Waals surface area (Å²) in [5.41, 5.74) is 5.83. The molecule has 1 aromatic carbocycles. The van der Waals surface area contributed by atoms with Gasteiger partial charge in [-0.15, -0.1) is 0 Å². The van der Waals surface area contributed by atoms with Gasteiger partial charge in [0.25, 0.3) is 0 Å². The lowest BCUT2D eigenvalue weighted by atomic mass is 9.98. The number of carbonyl (C=O) groups is 1. The molecule has 110 valence electrons. The van der Waals surface area contributed by atoms with Crippen LogP contribution in [0.25, 0.3) is 0 Å². The van der Waals surface area contributed by atoms with Crippen LogP contribution in [-0.4, -0.2) is 31.7 Å². The molecule has 0 bridgehead atoms. The van der Waals surface area contributed by atoms with Crippen molar-refractivity contribution in [3.8, 4) is 0 Å². The Bertz CT molecular complexity index is 595. The first kappa shape index (κ1) is 15.3. The highest BCUT2D eigenvalue weighted by molar-refractivity contribution is 7.88. The van der Waals surface area contributed by atoms with E-state index in [1.807, 2.05) is 0 Å². The topological polar surface area (TPSA) is 80.5 Å². The van der Waals surface area contributed by atoms with E-state index >= 15 is 0 Å². The fourth-order valence-corrected chi connectivity index (χ4v) is 4.20. The van der Waals surface area contributed by atoms with Gasteiger partial charge in [0.2, 0.25) is 15.9 Å². The first-order valence-electron chi connectivity index (χ1n) is 6.40. The zero-order valence-electron chi connectivity index (χ0n) is 11.0. The van der Waals surface area contributed by atoms with E-state index in [0.717, 1.165) is 0 Å². The van der Waals surface area contributed by atoms with Gasteiger partial charge in [0, 0.05) is 24.0 Å². The molecule has 0 radical (unpaired) electrons. The van der Waals surface area contributed by atoms with E-state index in [9.17, 15) is 13.2 Å². The Balaban J connectivity index is 2.05. The van der Waals surface area contributed by atoms with E-state index in [4.69, 9.17) is 17.3 Å². The number of hydrogen-bond donors (Lipinski definition) is 1. The van der Waals surface area contributed by atoms with Gasteiger partial charge in [-0.2, -0.15) is 0 Å². The quantitative estimate of drug-likeness (QED) is 0.911. The van der Waals surface area contributed by atoms with Gasteiger partial charge in [0.05, 0.1) is 5.75 Å². The van der Waals surface area contributed by atoms with Crippen LogP contribution in [-0.2, 0) is 20.6 Å². The number of amides is 1. The SMILES string of the molecule is NC(=O)C1CCN(S(=O)(=O)Cc2ccccc2Cl)CC1. The molecule has 1 fully saturated rings. The number of nitrogens with two attached hydrogens (primary N) is 1. The third-order valence-electron chi connectivity index (χ3n) is 3.55. The third-order valence-corrected chi connectivity index (χ3v) is 5.74. The first-order valence-corrected chi connectivity index (χ1v) is 8.39. The van der Waals surface area contributed by atoms with Crippen LogP contribution in [0, 0.1) is 5.92 Å². The Hall–Kier alpha value is -1.11. The molecule has 20 heavy (non-hydrogen) atoms. The zero-order valence-corrected chi connectivity index (χ0v) is 12.5. The van der Waals surface area contributed by atoms with E-state index < -0.39 is 10.0 Å². The molecule has 0 unspecified atom stereocenters. The van der Waals surface area contributed by atoms with Crippen molar-refractivity contribution in [2.24, 2.45) is 11.7 Å². The second kappa shape index (κ2) is 6.11. The molecule has 1 amide bonds. The second-order valence-corrected chi connectivity index (χ2v) is 7.30. The van der Waals surface area contributed by atoms with Crippen molar-refractivity contribution in [1.29, 1.82) is 0 Å². The monoisotopic (exact) mass is 316 g/mol. The predicted molar refractivity (Wildman–Crippen MR) is 77.6 cm³/mol. The molecular weight excluding hydrogens is 300 g/mol. The Morgan fingerprint density at radius 3 is 2.45 bits per heavy atom. The van der Waals surface area contributed by atoms with Crippen LogP contribution in [0.2, 0.25) is 5.02 Å². The van der Waals surface area contributed by atoms with E-state index in [1.165, 1.54) is 4.31 Å². The van der Waals surface area contributed by atoms with Crippen molar-refractivity contribution in [2.75, 3.05) is 13.1 Å². The fraction of sp³-hybridized carbons (Fsp3) is 0.462. The summed E-state index contributed by atoms with van der Waals surface area (Å²) < 4.78 is 26.1. The summed E-state index contributed by atoms with van der Waals surface area (Å²) in [7, 11) is -3.41. The molecular formula is C13H17ClN2O3S. The molecule has 0 aliphatic carbocycles. The maximum atomic E-state index is 12.3. The van der Waals surface area contributed by atoms with Gasteiger partial charge in [-0.05, 0) is 24.5 Å². The van der Waals surface area contributed by atoms with E-state index in [2.05, 4.69) is 0 Å². The number of sulfonamides is 1. The Morgan fingerprint density at radius 1 is 1.30 bits per heavy atom. The lowest BCUT2D eigenvalue weighted by Gasteiger charge is -2.29. The van der Waals surface area contributed by atoms with Crippen LogP contribution in [0.15, 0.2) is 24.3 Å². The standard InChI is InChI=1S/C13H17ClN2O3S/c14-12-4-2-1-3-11(12)9-20(18,19)16-7-5-10(6-8-16)13(15)17/h1-4,10H,5-9H2,(H2,15,17). The minimum absolute atomic E-state index is 0.117. The van der Waals surface area contributed by atoms with Gasteiger partial charge in [-0.1, -0.05) is 29.8 Å². The average molecular weight is 317 g/mol. The smallest absolute Gasteiger partial charge is 0.220 e. The highest BCUT2D eigenvalue weighted by Crippen LogP contribution is 2.23. The average Bonchev–Trinajstić information content (AvgIpc) is 2.41. The molecule has 7 heteroatoms. The number of nitrogens with zero attached hydrogens (tertiary/aromatic N) is 1. The maximum Gasteiger partial charge on any atom is 0.220 e. The summed E-state index contributed by atoms with van der Waals surface area (Å²) in [4.78, 5) is 11.1. The molecule has 0 aromatic heterocycles. The van der Waals surface area contributed by atoms with Gasteiger partial charge >= 0.3 is 0 Å². The highest BCUT2D eigenvalue weighted by Gasteiger charge is 2.30. The van der Waals surface area contributed by atoms with Crippen LogP contribution in [0.4, 0.5) is 0 Å². The second-order valence-electron chi connectivity index (χ2n) is 4.92. The molecule has 2 rings (SSSR count). The number of piperidine rings is 1. The Labute approximate surface area is 123 Å². The summed E-state index contributed by atoms with van der Waals surface area (Å²) in [6.45, 7) is 0.667. The van der Waals surface area contributed by atoms with Crippen LogP contribution in [0.3, 0.4) is 0 Å².